The highest BCUT2D eigenvalue weighted by Crippen LogP contribution is 2.33. The lowest BCUT2D eigenvalue weighted by Crippen LogP contribution is -2.33. The molecule has 0 atom stereocenters. The van der Waals surface area contributed by atoms with Crippen molar-refractivity contribution in [3.05, 3.63) is 59.2 Å². The molecular formula is C22H24N4O4S. The van der Waals surface area contributed by atoms with E-state index < -0.39 is 12.0 Å². The Kier molecular flexibility index (Phi) is 7.30. The molecule has 0 fully saturated rings. The van der Waals surface area contributed by atoms with Gasteiger partial charge in [0.25, 0.3) is 5.91 Å². The molecule has 162 valence electrons. The molecule has 4 N–H and O–H groups in total. The standard InChI is InChI=1S/C22H24N4O4S/c1-2-11-26-18-10-9-16(13-17(18)19(20(26)27)24-25-22(23)30)31-12-3-4-14-5-7-15(8-6-14)21(28)29/h5-10,13H,2-4,11-12H2,1H3,(H,28,29)(H3,23,25,30)/b24-19+. The predicted molar refractivity (Wildman–Crippen MR) is 121 cm³/mol. The highest BCUT2D eigenvalue weighted by Gasteiger charge is 2.34. The number of carboxylic acids is 1. The number of carbonyl (C=O) groups excluding carboxylic acids is 2. The van der Waals surface area contributed by atoms with E-state index in [2.05, 4.69) is 10.5 Å². The van der Waals surface area contributed by atoms with Gasteiger partial charge in [-0.3, -0.25) is 4.79 Å². The third-order valence-electron chi connectivity index (χ3n) is 4.77. The average Bonchev–Trinajstić information content (AvgIpc) is 3.00. The number of fused-ring (bicyclic) bond motifs is 1. The summed E-state index contributed by atoms with van der Waals surface area (Å²) in [6.07, 6.45) is 2.56. The first-order valence-electron chi connectivity index (χ1n) is 9.95. The van der Waals surface area contributed by atoms with E-state index in [0.717, 1.165) is 41.2 Å². The van der Waals surface area contributed by atoms with Crippen LogP contribution in [-0.2, 0) is 11.2 Å². The number of hydrogen-bond acceptors (Lipinski definition) is 5. The molecule has 2 aromatic rings. The number of carboxylic acid groups (broad SMARTS) is 1. The van der Waals surface area contributed by atoms with Crippen LogP contribution in [0.2, 0.25) is 0 Å². The van der Waals surface area contributed by atoms with Gasteiger partial charge in [-0.05, 0) is 60.9 Å². The first kappa shape index (κ1) is 22.4. The summed E-state index contributed by atoms with van der Waals surface area (Å²) in [6, 6.07) is 11.9. The summed E-state index contributed by atoms with van der Waals surface area (Å²) in [5.74, 6) is -0.320. The number of anilines is 1. The fraction of sp³-hybridized carbons (Fsp3) is 0.273. The van der Waals surface area contributed by atoms with Crippen molar-refractivity contribution in [2.24, 2.45) is 10.8 Å². The van der Waals surface area contributed by atoms with Crippen LogP contribution >= 0.6 is 11.8 Å². The summed E-state index contributed by atoms with van der Waals surface area (Å²) < 4.78 is 0. The molecular weight excluding hydrogens is 416 g/mol. The number of rotatable bonds is 9. The van der Waals surface area contributed by atoms with Crippen LogP contribution < -0.4 is 16.1 Å². The van der Waals surface area contributed by atoms with Crippen molar-refractivity contribution in [3.8, 4) is 0 Å². The Morgan fingerprint density at radius 2 is 1.94 bits per heavy atom. The molecule has 9 heteroatoms. The van der Waals surface area contributed by atoms with Gasteiger partial charge in [0, 0.05) is 17.0 Å². The maximum absolute atomic E-state index is 12.7. The molecule has 3 amide bonds. The molecule has 0 aromatic heterocycles. The van der Waals surface area contributed by atoms with Crippen LogP contribution in [0.3, 0.4) is 0 Å². The monoisotopic (exact) mass is 440 g/mol. The number of hydrogen-bond donors (Lipinski definition) is 3. The highest BCUT2D eigenvalue weighted by atomic mass is 32.2. The minimum absolute atomic E-state index is 0.184. The molecule has 0 spiro atoms. The van der Waals surface area contributed by atoms with Gasteiger partial charge in [0.15, 0.2) is 5.71 Å². The Labute approximate surface area is 184 Å². The van der Waals surface area contributed by atoms with E-state index in [-0.39, 0.29) is 17.2 Å². The van der Waals surface area contributed by atoms with Crippen LogP contribution in [0, 0.1) is 0 Å². The zero-order chi connectivity index (χ0) is 22.4. The summed E-state index contributed by atoms with van der Waals surface area (Å²) in [7, 11) is 0. The third kappa shape index (κ3) is 5.43. The lowest BCUT2D eigenvalue weighted by atomic mass is 10.1. The van der Waals surface area contributed by atoms with Crippen LogP contribution in [0.5, 0.6) is 0 Å². The molecule has 31 heavy (non-hydrogen) atoms. The van der Waals surface area contributed by atoms with Crippen LogP contribution in [0.4, 0.5) is 10.5 Å². The van der Waals surface area contributed by atoms with Gasteiger partial charge in [0.05, 0.1) is 11.3 Å². The van der Waals surface area contributed by atoms with Gasteiger partial charge in [-0.1, -0.05) is 19.1 Å². The van der Waals surface area contributed by atoms with Gasteiger partial charge in [-0.25, -0.2) is 15.0 Å². The Hall–Kier alpha value is -3.33. The smallest absolute Gasteiger partial charge is 0.335 e. The Morgan fingerprint density at radius 3 is 2.58 bits per heavy atom. The second kappa shape index (κ2) is 10.1. The van der Waals surface area contributed by atoms with Crippen molar-refractivity contribution in [2.75, 3.05) is 17.2 Å². The van der Waals surface area contributed by atoms with E-state index in [4.69, 9.17) is 10.8 Å². The van der Waals surface area contributed by atoms with Crippen molar-refractivity contribution in [3.63, 3.8) is 0 Å². The molecule has 0 aliphatic carbocycles. The number of primary amides is 1. The number of nitrogens with two attached hydrogens (primary N) is 1. The highest BCUT2D eigenvalue weighted by molar-refractivity contribution is 7.99. The van der Waals surface area contributed by atoms with Gasteiger partial charge in [0.2, 0.25) is 0 Å². The van der Waals surface area contributed by atoms with Crippen LogP contribution in [-0.4, -0.2) is 41.0 Å². The van der Waals surface area contributed by atoms with E-state index >= 15 is 0 Å². The summed E-state index contributed by atoms with van der Waals surface area (Å²) in [6.45, 7) is 2.55. The zero-order valence-electron chi connectivity index (χ0n) is 17.1. The molecule has 0 saturated heterocycles. The number of thioether (sulfide) groups is 1. The van der Waals surface area contributed by atoms with E-state index in [1.54, 1.807) is 28.8 Å². The molecule has 1 aliphatic heterocycles. The Morgan fingerprint density at radius 1 is 1.19 bits per heavy atom. The molecule has 3 rings (SSSR count). The molecule has 0 radical (unpaired) electrons. The lowest BCUT2D eigenvalue weighted by molar-refractivity contribution is -0.112. The first-order chi connectivity index (χ1) is 14.9. The van der Waals surface area contributed by atoms with E-state index in [0.29, 0.717) is 12.1 Å². The molecule has 8 nitrogen and oxygen atoms in total. The summed E-state index contributed by atoms with van der Waals surface area (Å²) in [5.41, 5.74) is 10.3. The number of aryl methyl sites for hydroxylation is 1. The molecule has 0 unspecified atom stereocenters. The van der Waals surface area contributed by atoms with Crippen molar-refractivity contribution in [1.29, 1.82) is 0 Å². The van der Waals surface area contributed by atoms with E-state index in [1.807, 2.05) is 37.3 Å². The van der Waals surface area contributed by atoms with Gasteiger partial charge in [-0.15, -0.1) is 11.8 Å². The van der Waals surface area contributed by atoms with Crippen molar-refractivity contribution < 1.29 is 19.5 Å². The van der Waals surface area contributed by atoms with Crippen molar-refractivity contribution >= 4 is 41.1 Å². The number of hydrazone groups is 1. The second-order valence-electron chi connectivity index (χ2n) is 7.03. The van der Waals surface area contributed by atoms with E-state index in [1.165, 1.54) is 0 Å². The van der Waals surface area contributed by atoms with Gasteiger partial charge < -0.3 is 15.7 Å². The topological polar surface area (TPSA) is 125 Å². The molecule has 0 saturated carbocycles. The number of aromatic carboxylic acids is 1. The summed E-state index contributed by atoms with van der Waals surface area (Å²) >= 11 is 1.67. The predicted octanol–water partition coefficient (Wildman–Crippen LogP) is 3.24. The van der Waals surface area contributed by atoms with Crippen LogP contribution in [0.15, 0.2) is 52.5 Å². The quantitative estimate of drug-likeness (QED) is 0.314. The van der Waals surface area contributed by atoms with Crippen LogP contribution in [0.1, 0.15) is 41.3 Å². The lowest BCUT2D eigenvalue weighted by Gasteiger charge is -2.15. The normalized spacial score (nSPS) is 14.0. The number of carbonyl (C=O) groups is 3. The summed E-state index contributed by atoms with van der Waals surface area (Å²) in [5, 5.41) is 12.9. The SMILES string of the molecule is CCCN1C(=O)/C(=N/NC(N)=O)c2cc(SCCCc3ccc(C(=O)O)cc3)ccc21. The fourth-order valence-electron chi connectivity index (χ4n) is 3.33. The zero-order valence-corrected chi connectivity index (χ0v) is 17.9. The maximum atomic E-state index is 12.7. The van der Waals surface area contributed by atoms with Crippen molar-refractivity contribution in [2.45, 2.75) is 31.1 Å². The van der Waals surface area contributed by atoms with E-state index in [9.17, 15) is 14.4 Å². The van der Waals surface area contributed by atoms with Gasteiger partial charge in [-0.2, -0.15) is 5.10 Å². The molecule has 2 aromatic carbocycles. The number of nitrogens with one attached hydrogen (secondary N) is 1. The summed E-state index contributed by atoms with van der Waals surface area (Å²) in [4.78, 5) is 37.3. The number of benzene rings is 2. The number of urea groups is 1. The number of amides is 3. The fourth-order valence-corrected chi connectivity index (χ4v) is 4.22. The molecule has 1 aliphatic rings. The van der Waals surface area contributed by atoms with Crippen LogP contribution in [0.25, 0.3) is 0 Å². The third-order valence-corrected chi connectivity index (χ3v) is 5.85. The second-order valence-corrected chi connectivity index (χ2v) is 8.19. The minimum atomic E-state index is -0.927. The van der Waals surface area contributed by atoms with Gasteiger partial charge >= 0.3 is 12.0 Å². The molecule has 1 heterocycles. The van der Waals surface area contributed by atoms with Gasteiger partial charge in [0.1, 0.15) is 0 Å². The first-order valence-corrected chi connectivity index (χ1v) is 10.9. The average molecular weight is 441 g/mol. The largest absolute Gasteiger partial charge is 0.478 e. The minimum Gasteiger partial charge on any atom is -0.478 e. The van der Waals surface area contributed by atoms with Crippen molar-refractivity contribution in [1.82, 2.24) is 5.43 Å². The maximum Gasteiger partial charge on any atom is 0.335 e. The molecule has 0 bridgehead atoms. The Balaban J connectivity index is 1.65. The number of nitrogens with zero attached hydrogens (tertiary/aromatic N) is 2. The Bertz CT molecular complexity index is 1020.